The second-order valence-electron chi connectivity index (χ2n) is 6.14. The zero-order chi connectivity index (χ0) is 13.8. The van der Waals surface area contributed by atoms with Gasteiger partial charge >= 0.3 is 0 Å². The van der Waals surface area contributed by atoms with E-state index in [0.29, 0.717) is 0 Å². The van der Waals surface area contributed by atoms with Crippen LogP contribution >= 0.6 is 30.6 Å². The van der Waals surface area contributed by atoms with Crippen molar-refractivity contribution in [3.63, 3.8) is 0 Å². The Kier molecular flexibility index (Phi) is 6.26. The van der Waals surface area contributed by atoms with Gasteiger partial charge in [0.2, 0.25) is 0 Å². The first-order valence-corrected chi connectivity index (χ1v) is 17.2. The minimum absolute atomic E-state index is 1.10. The van der Waals surface area contributed by atoms with Gasteiger partial charge in [0, 0.05) is 5.30 Å². The minimum atomic E-state index is -1.10. The lowest BCUT2D eigenvalue weighted by Gasteiger charge is -2.22. The smallest absolute Gasteiger partial charge is 0.115 e. The summed E-state index contributed by atoms with van der Waals surface area (Å²) in [5.74, 6) is 0. The standard InChI is InChI=1S/C13H23PS2Si2/c1-17(2,3)15-13(16-18(4,5)6)14-12-10-8-7-9-11-12/h7-11H,1-6H3. The van der Waals surface area contributed by atoms with Crippen molar-refractivity contribution in [2.75, 3.05) is 0 Å². The molecule has 0 amide bonds. The molecule has 0 atom stereocenters. The topological polar surface area (TPSA) is 0 Å². The normalized spacial score (nSPS) is 12.8. The summed E-state index contributed by atoms with van der Waals surface area (Å²) in [5.41, 5.74) is 0. The lowest BCUT2D eigenvalue weighted by molar-refractivity contribution is 1.78. The quantitative estimate of drug-likeness (QED) is 0.518. The molecule has 18 heavy (non-hydrogen) atoms. The largest absolute Gasteiger partial charge is 0.141 e. The molecular formula is C13H23PS2Si2. The van der Waals surface area contributed by atoms with Crippen LogP contribution in [0, 0.1) is 0 Å². The first-order valence-electron chi connectivity index (χ1n) is 6.17. The average molecular weight is 331 g/mol. The average Bonchev–Trinajstić information content (AvgIpc) is 2.13. The second-order valence-corrected chi connectivity index (χ2v) is 26.4. The third-order valence-electron chi connectivity index (χ3n) is 1.76. The molecule has 0 heterocycles. The maximum atomic E-state index is 2.43. The summed E-state index contributed by atoms with van der Waals surface area (Å²) in [7, 11) is -0.795. The summed E-state index contributed by atoms with van der Waals surface area (Å²) in [6.45, 7) is 14.6. The molecular weight excluding hydrogens is 307 g/mol. The number of hydrogen-bond acceptors (Lipinski definition) is 2. The minimum Gasteiger partial charge on any atom is -0.141 e. The molecule has 0 unspecified atom stereocenters. The Hall–Kier alpha value is 0.524. The molecule has 0 bridgehead atoms. The van der Waals surface area contributed by atoms with E-state index >= 15 is 0 Å². The zero-order valence-electron chi connectivity index (χ0n) is 12.2. The van der Waals surface area contributed by atoms with Gasteiger partial charge in [-0.1, -0.05) is 69.6 Å². The first-order chi connectivity index (χ1) is 8.16. The van der Waals surface area contributed by atoms with Gasteiger partial charge in [-0.05, 0) is 8.20 Å². The fraction of sp³-hybridized carbons (Fsp3) is 0.462. The van der Waals surface area contributed by atoms with Crippen LogP contribution in [0.25, 0.3) is 0 Å². The third kappa shape index (κ3) is 7.85. The van der Waals surface area contributed by atoms with Crippen molar-refractivity contribution >= 4 is 54.3 Å². The first kappa shape index (κ1) is 16.6. The third-order valence-corrected chi connectivity index (χ3v) is 12.5. The van der Waals surface area contributed by atoms with Gasteiger partial charge in [-0.2, -0.15) is 0 Å². The summed E-state index contributed by atoms with van der Waals surface area (Å²) < 4.78 is 1.61. The van der Waals surface area contributed by atoms with Crippen molar-refractivity contribution in [3.05, 3.63) is 30.3 Å². The van der Waals surface area contributed by atoms with Crippen molar-refractivity contribution in [3.8, 4) is 0 Å². The monoisotopic (exact) mass is 330 g/mol. The van der Waals surface area contributed by atoms with E-state index in [4.69, 9.17) is 0 Å². The van der Waals surface area contributed by atoms with Crippen LogP contribution in [0.3, 0.4) is 0 Å². The molecule has 0 fully saturated rings. The van der Waals surface area contributed by atoms with Crippen LogP contribution in [-0.4, -0.2) is 18.4 Å². The molecule has 100 valence electrons. The van der Waals surface area contributed by atoms with Crippen molar-refractivity contribution in [1.82, 2.24) is 0 Å². The SMILES string of the molecule is C[Si](C)(C)SC(=Pc1ccccc1)S[Si](C)(C)C. The van der Waals surface area contributed by atoms with Gasteiger partial charge in [-0.15, -0.1) is 22.4 Å². The molecule has 0 N–H and O–H groups in total. The fourth-order valence-electron chi connectivity index (χ4n) is 1.20. The Labute approximate surface area is 123 Å². The number of hydrogen-bond donors (Lipinski definition) is 0. The van der Waals surface area contributed by atoms with Gasteiger partial charge in [0.25, 0.3) is 0 Å². The van der Waals surface area contributed by atoms with E-state index in [2.05, 4.69) is 92.0 Å². The Balaban J connectivity index is 2.94. The molecule has 0 aliphatic carbocycles. The highest BCUT2D eigenvalue weighted by Gasteiger charge is 2.23. The summed E-state index contributed by atoms with van der Waals surface area (Å²) in [5, 5.41) is 1.42. The molecule has 0 aliphatic rings. The summed E-state index contributed by atoms with van der Waals surface area (Å²) in [6, 6.07) is 10.8. The highest BCUT2D eigenvalue weighted by atomic mass is 32.4. The van der Waals surface area contributed by atoms with Crippen LogP contribution < -0.4 is 5.30 Å². The highest BCUT2D eigenvalue weighted by Crippen LogP contribution is 2.35. The molecule has 0 aliphatic heterocycles. The van der Waals surface area contributed by atoms with Crippen LogP contribution in [-0.2, 0) is 0 Å². The molecule has 5 heteroatoms. The van der Waals surface area contributed by atoms with Crippen molar-refractivity contribution in [1.29, 1.82) is 0 Å². The molecule has 0 aromatic heterocycles. The molecule has 0 radical (unpaired) electrons. The molecule has 1 aromatic carbocycles. The van der Waals surface area contributed by atoms with E-state index < -0.39 is 14.4 Å². The van der Waals surface area contributed by atoms with E-state index in [1.165, 1.54) is 13.5 Å². The predicted molar refractivity (Wildman–Crippen MR) is 99.9 cm³/mol. The lowest BCUT2D eigenvalue weighted by atomic mass is 10.4. The Morgan fingerprint density at radius 3 is 1.67 bits per heavy atom. The molecule has 0 nitrogen and oxygen atoms in total. The van der Waals surface area contributed by atoms with Crippen molar-refractivity contribution in [2.24, 2.45) is 0 Å². The number of rotatable bonds is 5. The van der Waals surface area contributed by atoms with E-state index in [1.807, 2.05) is 0 Å². The summed E-state index contributed by atoms with van der Waals surface area (Å²) in [4.78, 5) is 0. The molecule has 0 saturated carbocycles. The van der Waals surface area contributed by atoms with E-state index in [9.17, 15) is 0 Å². The molecule has 1 rings (SSSR count). The van der Waals surface area contributed by atoms with Gasteiger partial charge in [-0.3, -0.25) is 0 Å². The second kappa shape index (κ2) is 6.80. The van der Waals surface area contributed by atoms with E-state index in [-0.39, 0.29) is 0 Å². The van der Waals surface area contributed by atoms with Crippen LogP contribution in [0.5, 0.6) is 0 Å². The van der Waals surface area contributed by atoms with Crippen LogP contribution in [0.2, 0.25) is 39.3 Å². The Bertz CT molecular complexity index is 387. The lowest BCUT2D eigenvalue weighted by Crippen LogP contribution is -2.21. The molecule has 0 saturated heterocycles. The van der Waals surface area contributed by atoms with Gasteiger partial charge in [0.05, 0.1) is 3.96 Å². The van der Waals surface area contributed by atoms with Gasteiger partial charge in [0.15, 0.2) is 0 Å². The van der Waals surface area contributed by atoms with Gasteiger partial charge < -0.3 is 0 Å². The highest BCUT2D eigenvalue weighted by molar-refractivity contribution is 8.63. The van der Waals surface area contributed by atoms with Crippen molar-refractivity contribution < 1.29 is 0 Å². The predicted octanol–water partition coefficient (Wildman–Crippen LogP) is 5.48. The number of benzene rings is 1. The fourth-order valence-corrected chi connectivity index (χ4v) is 18.8. The summed E-state index contributed by atoms with van der Waals surface area (Å²) in [6.07, 6.45) is 0. The van der Waals surface area contributed by atoms with Gasteiger partial charge in [-0.25, -0.2) is 0 Å². The van der Waals surface area contributed by atoms with Crippen LogP contribution in [0.4, 0.5) is 0 Å². The Morgan fingerprint density at radius 1 is 0.833 bits per heavy atom. The summed E-state index contributed by atoms with van der Waals surface area (Å²) >= 11 is 4.33. The van der Waals surface area contributed by atoms with Crippen molar-refractivity contribution in [2.45, 2.75) is 39.3 Å². The van der Waals surface area contributed by atoms with E-state index in [0.717, 1.165) is 0 Å². The van der Waals surface area contributed by atoms with Crippen LogP contribution in [0.15, 0.2) is 30.3 Å². The maximum Gasteiger partial charge on any atom is 0.115 e. The van der Waals surface area contributed by atoms with Crippen LogP contribution in [0.1, 0.15) is 0 Å². The Morgan fingerprint density at radius 2 is 1.28 bits per heavy atom. The maximum absolute atomic E-state index is 2.43. The molecule has 1 aromatic rings. The van der Waals surface area contributed by atoms with Gasteiger partial charge in [0.1, 0.15) is 14.4 Å². The van der Waals surface area contributed by atoms with E-state index in [1.54, 1.807) is 3.96 Å². The molecule has 0 spiro atoms. The zero-order valence-corrected chi connectivity index (χ0v) is 16.7.